The number of ether oxygens (including phenoxy) is 1. The molecule has 24 heavy (non-hydrogen) atoms. The molecule has 0 spiro atoms. The second-order valence-electron chi connectivity index (χ2n) is 6.12. The number of benzene rings is 1. The number of hydrogen-bond donors (Lipinski definition) is 0. The Morgan fingerprint density at radius 1 is 1.00 bits per heavy atom. The molecule has 2 rings (SSSR count). The lowest BCUT2D eigenvalue weighted by atomic mass is 9.94. The number of hydrogen-bond acceptors (Lipinski definition) is 3. The highest BCUT2D eigenvalue weighted by molar-refractivity contribution is 6.27. The summed E-state index contributed by atoms with van der Waals surface area (Å²) in [4.78, 5) is 24.6. The minimum absolute atomic E-state index is 0.163. The molecule has 0 bridgehead atoms. The van der Waals surface area contributed by atoms with Crippen LogP contribution in [0.3, 0.4) is 0 Å². The van der Waals surface area contributed by atoms with Crippen LogP contribution < -0.4 is 0 Å². The Labute approximate surface area is 144 Å². The minimum atomic E-state index is -0.216. The molecule has 1 aromatic rings. The Morgan fingerprint density at radius 2 is 1.71 bits per heavy atom. The summed E-state index contributed by atoms with van der Waals surface area (Å²) in [5.41, 5.74) is 0.787. The van der Waals surface area contributed by atoms with E-state index in [0.717, 1.165) is 12.8 Å². The van der Waals surface area contributed by atoms with Crippen LogP contribution in [0, 0.1) is 0 Å². The van der Waals surface area contributed by atoms with E-state index >= 15 is 0 Å². The van der Waals surface area contributed by atoms with E-state index in [-0.39, 0.29) is 23.6 Å². The summed E-state index contributed by atoms with van der Waals surface area (Å²) in [5, 5.41) is 0. The Morgan fingerprint density at radius 3 is 2.42 bits per heavy atom. The Bertz CT molecular complexity index is 611. The van der Waals surface area contributed by atoms with E-state index in [0.29, 0.717) is 17.9 Å². The second kappa shape index (κ2) is 9.86. The summed E-state index contributed by atoms with van der Waals surface area (Å²) in [5.74, 6) is 0.286. The summed E-state index contributed by atoms with van der Waals surface area (Å²) >= 11 is 0. The molecule has 0 aromatic heterocycles. The highest BCUT2D eigenvalue weighted by Crippen LogP contribution is 2.20. The fraction of sp³-hybridized carbons (Fsp3) is 0.429. The third kappa shape index (κ3) is 5.48. The zero-order valence-corrected chi connectivity index (χ0v) is 14.4. The quantitative estimate of drug-likeness (QED) is 0.344. The van der Waals surface area contributed by atoms with Gasteiger partial charge in [0.2, 0.25) is 0 Å². The van der Waals surface area contributed by atoms with Crippen molar-refractivity contribution in [1.29, 1.82) is 0 Å². The molecule has 0 heterocycles. The van der Waals surface area contributed by atoms with E-state index in [4.69, 9.17) is 4.74 Å². The van der Waals surface area contributed by atoms with Crippen molar-refractivity contribution < 1.29 is 14.3 Å². The molecule has 0 unspecified atom stereocenters. The maximum Gasteiger partial charge on any atom is 0.196 e. The summed E-state index contributed by atoms with van der Waals surface area (Å²) in [6, 6.07) is 8.90. The summed E-state index contributed by atoms with van der Waals surface area (Å²) in [6.45, 7) is 2.85. The largest absolute Gasteiger partial charge is 0.497 e. The van der Waals surface area contributed by atoms with Gasteiger partial charge in [-0.1, -0.05) is 69.4 Å². The molecule has 0 saturated heterocycles. The summed E-state index contributed by atoms with van der Waals surface area (Å²) < 4.78 is 5.68. The predicted molar refractivity (Wildman–Crippen MR) is 95.9 cm³/mol. The van der Waals surface area contributed by atoms with Gasteiger partial charge in [0.1, 0.15) is 5.76 Å². The normalized spacial score (nSPS) is 14.1. The first-order chi connectivity index (χ1) is 11.7. The van der Waals surface area contributed by atoms with Crippen LogP contribution in [-0.4, -0.2) is 18.2 Å². The zero-order valence-electron chi connectivity index (χ0n) is 14.4. The van der Waals surface area contributed by atoms with Gasteiger partial charge in [0.15, 0.2) is 11.6 Å². The molecule has 0 aliphatic heterocycles. The molecule has 128 valence electrons. The first-order valence-electron chi connectivity index (χ1n) is 8.89. The molecular formula is C21H26O3. The van der Waals surface area contributed by atoms with Gasteiger partial charge in [-0.2, -0.15) is 0 Å². The molecule has 1 aliphatic carbocycles. The standard InChI is InChI=1S/C21H26O3/c1-2-3-4-5-6-10-15-24-18-13-14-19(20(22)16-18)21(23)17-11-8-7-9-12-17/h7-9,11-14H,2-6,10,15-16H2,1H3. The summed E-state index contributed by atoms with van der Waals surface area (Å²) in [7, 11) is 0. The summed E-state index contributed by atoms with van der Waals surface area (Å²) in [6.07, 6.45) is 10.8. The first kappa shape index (κ1) is 18.2. The number of carbonyl (C=O) groups excluding carboxylic acids is 2. The third-order valence-electron chi connectivity index (χ3n) is 4.14. The Kier molecular flexibility index (Phi) is 7.47. The first-order valence-corrected chi connectivity index (χ1v) is 8.89. The molecular weight excluding hydrogens is 300 g/mol. The molecule has 3 heteroatoms. The van der Waals surface area contributed by atoms with Gasteiger partial charge in [-0.3, -0.25) is 9.59 Å². The van der Waals surface area contributed by atoms with Crippen LogP contribution in [0.15, 0.2) is 53.8 Å². The average molecular weight is 326 g/mol. The molecule has 0 atom stereocenters. The topological polar surface area (TPSA) is 43.4 Å². The van der Waals surface area contributed by atoms with Crippen LogP contribution in [0.1, 0.15) is 62.2 Å². The molecule has 0 fully saturated rings. The van der Waals surface area contributed by atoms with E-state index in [1.165, 1.54) is 25.7 Å². The van der Waals surface area contributed by atoms with Gasteiger partial charge in [-0.05, 0) is 18.6 Å². The van der Waals surface area contributed by atoms with Crippen molar-refractivity contribution in [3.05, 3.63) is 59.4 Å². The number of ketones is 2. The maximum absolute atomic E-state index is 12.3. The minimum Gasteiger partial charge on any atom is -0.497 e. The van der Waals surface area contributed by atoms with Crippen molar-refractivity contribution >= 4 is 11.6 Å². The van der Waals surface area contributed by atoms with E-state index in [1.807, 2.05) is 6.07 Å². The smallest absolute Gasteiger partial charge is 0.196 e. The average Bonchev–Trinajstić information content (AvgIpc) is 2.61. The highest BCUT2D eigenvalue weighted by atomic mass is 16.5. The van der Waals surface area contributed by atoms with Gasteiger partial charge in [-0.15, -0.1) is 0 Å². The van der Waals surface area contributed by atoms with Gasteiger partial charge in [0, 0.05) is 5.56 Å². The van der Waals surface area contributed by atoms with Crippen molar-refractivity contribution in [2.75, 3.05) is 6.61 Å². The lowest BCUT2D eigenvalue weighted by Gasteiger charge is -2.14. The van der Waals surface area contributed by atoms with Crippen molar-refractivity contribution in [3.63, 3.8) is 0 Å². The zero-order chi connectivity index (χ0) is 17.2. The molecule has 1 aromatic carbocycles. The Hall–Kier alpha value is -2.16. The van der Waals surface area contributed by atoms with E-state index in [2.05, 4.69) is 6.92 Å². The fourth-order valence-corrected chi connectivity index (χ4v) is 2.71. The van der Waals surface area contributed by atoms with Gasteiger partial charge >= 0.3 is 0 Å². The molecule has 0 saturated carbocycles. The SMILES string of the molecule is CCCCCCCCOC1=CC=C(C(=O)c2ccccc2)C(=O)C1. The van der Waals surface area contributed by atoms with Gasteiger partial charge in [0.25, 0.3) is 0 Å². The van der Waals surface area contributed by atoms with Crippen molar-refractivity contribution in [2.24, 2.45) is 0 Å². The number of Topliss-reactive ketones (excluding diaryl/α,β-unsaturated/α-hetero) is 2. The molecule has 0 N–H and O–H groups in total. The van der Waals surface area contributed by atoms with Crippen LogP contribution >= 0.6 is 0 Å². The van der Waals surface area contributed by atoms with E-state index < -0.39 is 0 Å². The van der Waals surface area contributed by atoms with Crippen LogP contribution in [0.25, 0.3) is 0 Å². The molecule has 0 amide bonds. The lowest BCUT2D eigenvalue weighted by Crippen LogP contribution is -2.17. The van der Waals surface area contributed by atoms with Crippen LogP contribution in [0.4, 0.5) is 0 Å². The van der Waals surface area contributed by atoms with Crippen LogP contribution in [0.2, 0.25) is 0 Å². The number of carbonyl (C=O) groups is 2. The lowest BCUT2D eigenvalue weighted by molar-refractivity contribution is -0.115. The van der Waals surface area contributed by atoms with Crippen molar-refractivity contribution in [2.45, 2.75) is 51.9 Å². The van der Waals surface area contributed by atoms with Crippen LogP contribution in [-0.2, 0) is 9.53 Å². The van der Waals surface area contributed by atoms with Gasteiger partial charge < -0.3 is 4.74 Å². The van der Waals surface area contributed by atoms with Crippen molar-refractivity contribution in [3.8, 4) is 0 Å². The molecule has 3 nitrogen and oxygen atoms in total. The van der Waals surface area contributed by atoms with E-state index in [9.17, 15) is 9.59 Å². The highest BCUT2D eigenvalue weighted by Gasteiger charge is 2.23. The Balaban J connectivity index is 1.81. The molecule has 0 radical (unpaired) electrons. The fourth-order valence-electron chi connectivity index (χ4n) is 2.71. The monoisotopic (exact) mass is 326 g/mol. The predicted octanol–water partition coefficient (Wildman–Crippen LogP) is 5.03. The number of rotatable bonds is 10. The number of allylic oxidation sites excluding steroid dienone is 4. The van der Waals surface area contributed by atoms with Crippen molar-refractivity contribution in [1.82, 2.24) is 0 Å². The maximum atomic E-state index is 12.3. The second-order valence-corrected chi connectivity index (χ2v) is 6.12. The van der Waals surface area contributed by atoms with E-state index in [1.54, 1.807) is 36.4 Å². The number of unbranched alkanes of at least 4 members (excludes halogenated alkanes) is 5. The van der Waals surface area contributed by atoms with Gasteiger partial charge in [-0.25, -0.2) is 0 Å². The van der Waals surface area contributed by atoms with Crippen LogP contribution in [0.5, 0.6) is 0 Å². The molecule has 1 aliphatic rings. The van der Waals surface area contributed by atoms with Gasteiger partial charge in [0.05, 0.1) is 18.6 Å². The third-order valence-corrected chi connectivity index (χ3v) is 4.14.